The minimum absolute atomic E-state index is 0.0103. The lowest BCUT2D eigenvalue weighted by Crippen LogP contribution is -2.40. The molecule has 2 amide bonds. The fraction of sp³-hybridized carbons (Fsp3) is 0.346. The van der Waals surface area contributed by atoms with Crippen LogP contribution in [-0.4, -0.2) is 35.1 Å². The standard InChI is InChI=1S/C26H22BrN3O6/c1-35-21-9-14(8-20(27)24(21)36-12-13-2-4-15(5-3-13)30(33)34)11-28-29-25(31)22-16-6-7-17(19-10-18(16)19)23(22)26(29)32/h2-9,11,16-19,22-23H,10,12H2,1H3/b28-11+/t16-,17-,18-,19-,22-,23+/m1/s1. The number of halogens is 1. The van der Waals surface area contributed by atoms with Crippen LogP contribution in [0.25, 0.3) is 0 Å². The number of nitro benzene ring substituents is 1. The van der Waals surface area contributed by atoms with Gasteiger partial charge in [0.05, 0.1) is 34.6 Å². The van der Waals surface area contributed by atoms with Crippen molar-refractivity contribution >= 4 is 39.6 Å². The number of carbonyl (C=O) groups is 2. The molecule has 9 nitrogen and oxygen atoms in total. The SMILES string of the molecule is COc1cc(/C=N/N2C(=O)[C@@H]3[C@@H]4C=C[C@H]([C@H]5C[C@H]45)[C@@H]3C2=O)cc(Br)c1OCc1ccc([N+](=O)[O-])cc1. The molecule has 0 radical (unpaired) electrons. The normalized spacial score (nSPS) is 29.4. The van der Waals surface area contributed by atoms with Crippen LogP contribution >= 0.6 is 15.9 Å². The second kappa shape index (κ2) is 8.55. The Bertz CT molecular complexity index is 1300. The van der Waals surface area contributed by atoms with E-state index in [-0.39, 0.29) is 47.8 Å². The predicted octanol–water partition coefficient (Wildman–Crippen LogP) is 4.33. The van der Waals surface area contributed by atoms with Crippen molar-refractivity contribution in [2.24, 2.45) is 40.6 Å². The number of non-ortho nitro benzene ring substituents is 1. The average molecular weight is 552 g/mol. The molecule has 5 aliphatic rings. The number of carbonyl (C=O) groups excluding carboxylic acids is 2. The van der Waals surface area contributed by atoms with E-state index in [0.717, 1.165) is 17.0 Å². The monoisotopic (exact) mass is 551 g/mol. The molecule has 4 aliphatic carbocycles. The maximum atomic E-state index is 13.1. The van der Waals surface area contributed by atoms with Gasteiger partial charge in [-0.05, 0) is 81.4 Å². The molecule has 7 rings (SSSR count). The quantitative estimate of drug-likeness (QED) is 0.166. The van der Waals surface area contributed by atoms with Crippen LogP contribution in [0.3, 0.4) is 0 Å². The van der Waals surface area contributed by atoms with Crippen molar-refractivity contribution in [3.05, 3.63) is 74.3 Å². The second-order valence-electron chi connectivity index (χ2n) is 9.63. The number of benzene rings is 2. The van der Waals surface area contributed by atoms with Gasteiger partial charge < -0.3 is 9.47 Å². The van der Waals surface area contributed by atoms with E-state index in [1.54, 1.807) is 24.3 Å². The largest absolute Gasteiger partial charge is 0.493 e. The third kappa shape index (κ3) is 3.62. The summed E-state index contributed by atoms with van der Waals surface area (Å²) in [6.07, 6.45) is 6.87. The van der Waals surface area contributed by atoms with Crippen LogP contribution in [-0.2, 0) is 16.2 Å². The molecule has 1 heterocycles. The Morgan fingerprint density at radius 3 is 2.33 bits per heavy atom. The van der Waals surface area contributed by atoms with E-state index in [1.807, 2.05) is 0 Å². The highest BCUT2D eigenvalue weighted by Gasteiger charge is 2.67. The molecular formula is C26H22BrN3O6. The van der Waals surface area contributed by atoms with E-state index in [2.05, 4.69) is 33.2 Å². The van der Waals surface area contributed by atoms with Crippen molar-refractivity contribution in [3.8, 4) is 11.5 Å². The van der Waals surface area contributed by atoms with E-state index in [4.69, 9.17) is 9.47 Å². The van der Waals surface area contributed by atoms with Gasteiger partial charge in [0, 0.05) is 12.1 Å². The van der Waals surface area contributed by atoms with Gasteiger partial charge in [0.25, 0.3) is 17.5 Å². The molecule has 0 unspecified atom stereocenters. The van der Waals surface area contributed by atoms with Crippen LogP contribution in [0.5, 0.6) is 11.5 Å². The zero-order chi connectivity index (χ0) is 25.1. The van der Waals surface area contributed by atoms with Gasteiger partial charge in [0.2, 0.25) is 0 Å². The first-order chi connectivity index (χ1) is 17.4. The number of methoxy groups -OCH3 is 1. The number of allylic oxidation sites excluding steroid dienone is 2. The number of hydrogen-bond donors (Lipinski definition) is 0. The van der Waals surface area contributed by atoms with Crippen LogP contribution in [0.15, 0.2) is 58.1 Å². The molecule has 6 atom stereocenters. The fourth-order valence-corrected chi connectivity index (χ4v) is 6.58. The number of imide groups is 1. The summed E-state index contributed by atoms with van der Waals surface area (Å²) in [5.74, 6) is 1.29. The minimum atomic E-state index is -0.453. The molecule has 184 valence electrons. The van der Waals surface area contributed by atoms with E-state index in [9.17, 15) is 19.7 Å². The Morgan fingerprint density at radius 2 is 1.75 bits per heavy atom. The highest BCUT2D eigenvalue weighted by atomic mass is 79.9. The maximum Gasteiger partial charge on any atom is 0.269 e. The van der Waals surface area contributed by atoms with Crippen molar-refractivity contribution in [2.75, 3.05) is 7.11 Å². The third-order valence-electron chi connectivity index (χ3n) is 7.74. The van der Waals surface area contributed by atoms with Gasteiger partial charge in [-0.1, -0.05) is 12.2 Å². The highest BCUT2D eigenvalue weighted by Crippen LogP contribution is 2.65. The Hall–Kier alpha value is -3.53. The second-order valence-corrected chi connectivity index (χ2v) is 10.5. The molecule has 3 fully saturated rings. The molecule has 1 saturated heterocycles. The molecule has 1 aliphatic heterocycles. The maximum absolute atomic E-state index is 13.1. The van der Waals surface area contributed by atoms with Crippen LogP contribution in [0.2, 0.25) is 0 Å². The zero-order valence-electron chi connectivity index (χ0n) is 19.2. The summed E-state index contributed by atoms with van der Waals surface area (Å²) in [5.41, 5.74) is 1.39. The van der Waals surface area contributed by atoms with Gasteiger partial charge in [0.15, 0.2) is 11.5 Å². The summed E-state index contributed by atoms with van der Waals surface area (Å²) in [4.78, 5) is 36.6. The van der Waals surface area contributed by atoms with Crippen molar-refractivity contribution < 1.29 is 24.0 Å². The Balaban J connectivity index is 1.18. The highest BCUT2D eigenvalue weighted by molar-refractivity contribution is 9.10. The Kier molecular flexibility index (Phi) is 5.44. The van der Waals surface area contributed by atoms with Gasteiger partial charge in [0.1, 0.15) is 6.61 Å². The molecule has 2 saturated carbocycles. The average Bonchev–Trinajstić information content (AvgIpc) is 3.66. The predicted molar refractivity (Wildman–Crippen MR) is 132 cm³/mol. The first-order valence-corrected chi connectivity index (χ1v) is 12.5. The summed E-state index contributed by atoms with van der Waals surface area (Å²) in [6, 6.07) is 9.57. The minimum Gasteiger partial charge on any atom is -0.493 e. The fourth-order valence-electron chi connectivity index (χ4n) is 6.00. The number of ether oxygens (including phenoxy) is 2. The van der Waals surface area contributed by atoms with Crippen molar-refractivity contribution in [1.29, 1.82) is 0 Å². The van der Waals surface area contributed by atoms with E-state index >= 15 is 0 Å². The van der Waals surface area contributed by atoms with Crippen LogP contribution in [0.4, 0.5) is 5.69 Å². The lowest BCUT2D eigenvalue weighted by atomic mass is 9.63. The van der Waals surface area contributed by atoms with Crippen molar-refractivity contribution in [1.82, 2.24) is 5.01 Å². The van der Waals surface area contributed by atoms with Gasteiger partial charge in [-0.3, -0.25) is 19.7 Å². The van der Waals surface area contributed by atoms with E-state index < -0.39 is 4.92 Å². The molecule has 10 heteroatoms. The van der Waals surface area contributed by atoms with E-state index in [1.165, 1.54) is 25.5 Å². The lowest BCUT2D eigenvalue weighted by molar-refractivity contribution is -0.384. The number of amides is 2. The Morgan fingerprint density at radius 1 is 1.11 bits per heavy atom. The molecule has 2 aromatic rings. The van der Waals surface area contributed by atoms with Gasteiger partial charge in [-0.15, -0.1) is 0 Å². The summed E-state index contributed by atoms with van der Waals surface area (Å²) < 4.78 is 12.0. The smallest absolute Gasteiger partial charge is 0.269 e. The number of rotatable bonds is 7. The number of nitro groups is 1. The lowest BCUT2D eigenvalue weighted by Gasteiger charge is -2.37. The number of hydrogen-bond acceptors (Lipinski definition) is 7. The first-order valence-electron chi connectivity index (χ1n) is 11.7. The first kappa shape index (κ1) is 22.9. The van der Waals surface area contributed by atoms with Crippen LogP contribution in [0.1, 0.15) is 17.5 Å². The van der Waals surface area contributed by atoms with Gasteiger partial charge in [-0.2, -0.15) is 10.1 Å². The van der Waals surface area contributed by atoms with Gasteiger partial charge >= 0.3 is 0 Å². The summed E-state index contributed by atoms with van der Waals surface area (Å²) in [5, 5.41) is 16.2. The number of hydrazone groups is 1. The van der Waals surface area contributed by atoms with Crippen LogP contribution < -0.4 is 9.47 Å². The molecule has 0 aromatic heterocycles. The summed E-state index contributed by atoms with van der Waals surface area (Å²) in [7, 11) is 1.51. The topological polar surface area (TPSA) is 111 Å². The number of nitrogens with zero attached hydrogens (tertiary/aromatic N) is 3. The Labute approximate surface area is 215 Å². The summed E-state index contributed by atoms with van der Waals surface area (Å²) >= 11 is 3.49. The molecule has 0 spiro atoms. The zero-order valence-corrected chi connectivity index (χ0v) is 20.8. The van der Waals surface area contributed by atoms with Crippen LogP contribution in [0, 0.1) is 45.6 Å². The third-order valence-corrected chi connectivity index (χ3v) is 8.33. The molecule has 2 aromatic carbocycles. The molecule has 0 N–H and O–H groups in total. The van der Waals surface area contributed by atoms with E-state index in [0.29, 0.717) is 33.4 Å². The molecular weight excluding hydrogens is 530 g/mol. The van der Waals surface area contributed by atoms with Crippen molar-refractivity contribution in [2.45, 2.75) is 13.0 Å². The molecule has 36 heavy (non-hydrogen) atoms. The van der Waals surface area contributed by atoms with Gasteiger partial charge in [-0.25, -0.2) is 0 Å². The molecule has 2 bridgehead atoms. The summed E-state index contributed by atoms with van der Waals surface area (Å²) in [6.45, 7) is 0.179. The van der Waals surface area contributed by atoms with Crippen molar-refractivity contribution in [3.63, 3.8) is 0 Å².